The number of fused-ring (bicyclic) bond motifs is 1. The zero-order valence-corrected chi connectivity index (χ0v) is 11.0. The van der Waals surface area contributed by atoms with Crippen molar-refractivity contribution in [1.82, 2.24) is 4.98 Å². The number of H-pyrrole nitrogens is 1. The van der Waals surface area contributed by atoms with E-state index in [0.29, 0.717) is 27.0 Å². The van der Waals surface area contributed by atoms with Crippen molar-refractivity contribution < 1.29 is 9.21 Å². The van der Waals surface area contributed by atoms with Crippen molar-refractivity contribution in [2.45, 2.75) is 0 Å². The summed E-state index contributed by atoms with van der Waals surface area (Å²) >= 11 is 12.0. The minimum Gasteiger partial charge on any atom is -0.463 e. The summed E-state index contributed by atoms with van der Waals surface area (Å²) in [6.45, 7) is 0. The Balaban J connectivity index is 1.91. The molecule has 2 aromatic heterocycles. The number of aromatic amines is 1. The maximum Gasteiger partial charge on any atom is 0.272 e. The van der Waals surface area contributed by atoms with Gasteiger partial charge in [0.1, 0.15) is 5.69 Å². The summed E-state index contributed by atoms with van der Waals surface area (Å²) < 4.78 is 5.18. The first kappa shape index (κ1) is 12.1. The Kier molecular flexibility index (Phi) is 2.97. The summed E-state index contributed by atoms with van der Waals surface area (Å²) in [6.07, 6.45) is 1.55. The third-order valence-corrected chi connectivity index (χ3v) is 3.32. The lowest BCUT2D eigenvalue weighted by Gasteiger charge is -2.07. The Labute approximate surface area is 118 Å². The van der Waals surface area contributed by atoms with Gasteiger partial charge in [-0.2, -0.15) is 0 Å². The smallest absolute Gasteiger partial charge is 0.272 e. The first-order chi connectivity index (χ1) is 9.15. The van der Waals surface area contributed by atoms with Crippen LogP contribution in [-0.4, -0.2) is 10.9 Å². The molecule has 0 aliphatic rings. The number of benzene rings is 1. The van der Waals surface area contributed by atoms with Crippen molar-refractivity contribution in [3.05, 3.63) is 52.3 Å². The lowest BCUT2D eigenvalue weighted by Crippen LogP contribution is -2.12. The summed E-state index contributed by atoms with van der Waals surface area (Å²) in [4.78, 5) is 15.0. The summed E-state index contributed by atoms with van der Waals surface area (Å²) in [6, 6.07) is 8.39. The molecule has 0 saturated heterocycles. The zero-order valence-electron chi connectivity index (χ0n) is 9.54. The number of halogens is 2. The number of nitrogens with one attached hydrogen (secondary N) is 2. The van der Waals surface area contributed by atoms with Gasteiger partial charge in [-0.25, -0.2) is 0 Å². The van der Waals surface area contributed by atoms with E-state index in [1.165, 1.54) is 0 Å². The summed E-state index contributed by atoms with van der Waals surface area (Å²) in [7, 11) is 0. The summed E-state index contributed by atoms with van der Waals surface area (Å²) in [5.41, 5.74) is 2.15. The molecule has 0 bridgehead atoms. The van der Waals surface area contributed by atoms with Gasteiger partial charge in [-0.15, -0.1) is 0 Å². The van der Waals surface area contributed by atoms with Crippen LogP contribution < -0.4 is 5.32 Å². The largest absolute Gasteiger partial charge is 0.463 e. The van der Waals surface area contributed by atoms with Crippen molar-refractivity contribution in [3.8, 4) is 0 Å². The third kappa shape index (κ3) is 2.20. The van der Waals surface area contributed by atoms with E-state index in [2.05, 4.69) is 10.3 Å². The Morgan fingerprint density at radius 1 is 1.21 bits per heavy atom. The maximum absolute atomic E-state index is 12.1. The average Bonchev–Trinajstić information content (AvgIpc) is 2.94. The van der Waals surface area contributed by atoms with E-state index < -0.39 is 0 Å². The van der Waals surface area contributed by atoms with E-state index in [1.54, 1.807) is 36.6 Å². The van der Waals surface area contributed by atoms with Crippen LogP contribution in [0.3, 0.4) is 0 Å². The molecule has 0 aliphatic carbocycles. The van der Waals surface area contributed by atoms with Gasteiger partial charge in [-0.1, -0.05) is 29.3 Å². The minimum absolute atomic E-state index is 0.332. The van der Waals surface area contributed by atoms with Gasteiger partial charge in [0.05, 0.1) is 27.5 Å². The molecular formula is C13H8Cl2N2O2. The zero-order chi connectivity index (χ0) is 13.4. The Morgan fingerprint density at radius 2 is 1.95 bits per heavy atom. The van der Waals surface area contributed by atoms with Gasteiger partial charge >= 0.3 is 0 Å². The molecule has 3 rings (SSSR count). The quantitative estimate of drug-likeness (QED) is 0.739. The predicted octanol–water partition coefficient (Wildman–Crippen LogP) is 4.32. The molecule has 3 aromatic rings. The van der Waals surface area contributed by atoms with Gasteiger partial charge in [-0.3, -0.25) is 4.79 Å². The molecule has 0 unspecified atom stereocenters. The lowest BCUT2D eigenvalue weighted by atomic mass is 10.3. The number of rotatable bonds is 2. The average molecular weight is 295 g/mol. The van der Waals surface area contributed by atoms with E-state index in [1.807, 2.05) is 0 Å². The maximum atomic E-state index is 12.1. The molecule has 96 valence electrons. The Bertz CT molecular complexity index is 712. The summed E-state index contributed by atoms with van der Waals surface area (Å²) in [5, 5.41) is 3.44. The van der Waals surface area contributed by atoms with Crippen LogP contribution in [0.4, 0.5) is 5.69 Å². The van der Waals surface area contributed by atoms with Gasteiger partial charge in [0.25, 0.3) is 5.91 Å². The highest BCUT2D eigenvalue weighted by Gasteiger charge is 2.14. The number of amides is 1. The highest BCUT2D eigenvalue weighted by atomic mass is 35.5. The standard InChI is InChI=1S/C13H8Cl2N2O2/c14-7-2-1-3-8(15)12(7)17-13(18)10-6-11-9(16-10)4-5-19-11/h1-6,16H,(H,17,18). The van der Waals surface area contributed by atoms with Crippen LogP contribution in [0.2, 0.25) is 10.0 Å². The number of hydrogen-bond acceptors (Lipinski definition) is 2. The molecule has 19 heavy (non-hydrogen) atoms. The normalized spacial score (nSPS) is 10.8. The molecule has 0 fully saturated rings. The van der Waals surface area contributed by atoms with Crippen LogP contribution in [0.5, 0.6) is 0 Å². The molecule has 0 aliphatic heterocycles. The molecule has 6 heteroatoms. The van der Waals surface area contributed by atoms with Crippen molar-refractivity contribution in [2.24, 2.45) is 0 Å². The molecule has 0 radical (unpaired) electrons. The van der Waals surface area contributed by atoms with E-state index in [9.17, 15) is 4.79 Å². The molecular weight excluding hydrogens is 287 g/mol. The van der Waals surface area contributed by atoms with Crippen molar-refractivity contribution in [1.29, 1.82) is 0 Å². The second kappa shape index (κ2) is 4.64. The van der Waals surface area contributed by atoms with Gasteiger partial charge in [-0.05, 0) is 12.1 Å². The topological polar surface area (TPSA) is 58.0 Å². The molecule has 2 N–H and O–H groups in total. The third-order valence-electron chi connectivity index (χ3n) is 2.69. The number of carbonyl (C=O) groups excluding carboxylic acids is 1. The van der Waals surface area contributed by atoms with Gasteiger partial charge in [0.2, 0.25) is 0 Å². The number of carbonyl (C=O) groups is 1. The molecule has 1 amide bonds. The predicted molar refractivity (Wildman–Crippen MR) is 75.0 cm³/mol. The van der Waals surface area contributed by atoms with Crippen LogP contribution in [-0.2, 0) is 0 Å². The fraction of sp³-hybridized carbons (Fsp3) is 0. The number of furan rings is 1. The van der Waals surface area contributed by atoms with Crippen LogP contribution in [0.1, 0.15) is 10.5 Å². The van der Waals surface area contributed by atoms with E-state index >= 15 is 0 Å². The first-order valence-electron chi connectivity index (χ1n) is 5.47. The molecule has 2 heterocycles. The second-order valence-corrected chi connectivity index (χ2v) is 4.75. The fourth-order valence-corrected chi connectivity index (χ4v) is 2.26. The highest BCUT2D eigenvalue weighted by Crippen LogP contribution is 2.30. The monoisotopic (exact) mass is 294 g/mol. The van der Waals surface area contributed by atoms with E-state index in [-0.39, 0.29) is 5.91 Å². The van der Waals surface area contributed by atoms with Crippen LogP contribution in [0, 0.1) is 0 Å². The lowest BCUT2D eigenvalue weighted by molar-refractivity contribution is 0.102. The number of aromatic nitrogens is 1. The Morgan fingerprint density at radius 3 is 2.63 bits per heavy atom. The SMILES string of the molecule is O=C(Nc1c(Cl)cccc1Cl)c1cc2occc2[nH]1. The van der Waals surface area contributed by atoms with Crippen LogP contribution in [0.15, 0.2) is 41.0 Å². The molecule has 4 nitrogen and oxygen atoms in total. The van der Waals surface area contributed by atoms with Gasteiger partial charge in [0, 0.05) is 12.1 Å². The number of hydrogen-bond donors (Lipinski definition) is 2. The van der Waals surface area contributed by atoms with Crippen LogP contribution in [0.25, 0.3) is 11.1 Å². The molecule has 0 atom stereocenters. The van der Waals surface area contributed by atoms with Gasteiger partial charge in [0.15, 0.2) is 5.58 Å². The highest BCUT2D eigenvalue weighted by molar-refractivity contribution is 6.40. The van der Waals surface area contributed by atoms with E-state index in [4.69, 9.17) is 27.6 Å². The van der Waals surface area contributed by atoms with Crippen LogP contribution >= 0.6 is 23.2 Å². The molecule has 1 aromatic carbocycles. The minimum atomic E-state index is -0.332. The van der Waals surface area contributed by atoms with E-state index in [0.717, 1.165) is 5.52 Å². The van der Waals surface area contributed by atoms with Crippen molar-refractivity contribution in [3.63, 3.8) is 0 Å². The number of anilines is 1. The van der Waals surface area contributed by atoms with Crippen molar-refractivity contribution >= 4 is 45.9 Å². The fourth-order valence-electron chi connectivity index (χ4n) is 1.77. The Hall–Kier alpha value is -1.91. The van der Waals surface area contributed by atoms with Crippen molar-refractivity contribution in [2.75, 3.05) is 5.32 Å². The molecule has 0 spiro atoms. The number of para-hydroxylation sites is 1. The molecule has 0 saturated carbocycles. The summed E-state index contributed by atoms with van der Waals surface area (Å²) in [5.74, 6) is -0.332. The van der Waals surface area contributed by atoms with Gasteiger partial charge < -0.3 is 14.7 Å². The first-order valence-corrected chi connectivity index (χ1v) is 6.22. The second-order valence-electron chi connectivity index (χ2n) is 3.93.